The SMILES string of the molecule is O=C(c1cnn2ccccc12)N1CCc2ncnc(C3CC3)c2CC1. The molecule has 0 unspecified atom stereocenters. The molecule has 3 aromatic heterocycles. The highest BCUT2D eigenvalue weighted by molar-refractivity contribution is 6.00. The third-order valence-electron chi connectivity index (χ3n) is 5.23. The van der Waals surface area contributed by atoms with Gasteiger partial charge in [0.05, 0.1) is 23.0 Å². The van der Waals surface area contributed by atoms with Gasteiger partial charge in [0.1, 0.15) is 6.33 Å². The predicted octanol–water partition coefficient (Wildman–Crippen LogP) is 2.24. The topological polar surface area (TPSA) is 63.4 Å². The summed E-state index contributed by atoms with van der Waals surface area (Å²) >= 11 is 0. The number of nitrogens with zero attached hydrogens (tertiary/aromatic N) is 5. The van der Waals surface area contributed by atoms with Crippen LogP contribution in [0.5, 0.6) is 0 Å². The lowest BCUT2D eigenvalue weighted by atomic mass is 10.0. The molecular formula is C19H19N5O. The second-order valence-corrected chi connectivity index (χ2v) is 6.84. The predicted molar refractivity (Wildman–Crippen MR) is 92.5 cm³/mol. The first kappa shape index (κ1) is 14.6. The van der Waals surface area contributed by atoms with E-state index >= 15 is 0 Å². The van der Waals surface area contributed by atoms with Gasteiger partial charge in [0.15, 0.2) is 0 Å². The van der Waals surface area contributed by atoms with Crippen LogP contribution in [-0.4, -0.2) is 43.5 Å². The van der Waals surface area contributed by atoms with Crippen molar-refractivity contribution in [3.05, 3.63) is 59.4 Å². The molecule has 25 heavy (non-hydrogen) atoms. The van der Waals surface area contributed by atoms with Crippen molar-refractivity contribution >= 4 is 11.4 Å². The Balaban J connectivity index is 1.43. The van der Waals surface area contributed by atoms with Crippen molar-refractivity contribution in [3.8, 4) is 0 Å². The molecule has 2 aliphatic rings. The van der Waals surface area contributed by atoms with Gasteiger partial charge in [-0.15, -0.1) is 0 Å². The zero-order valence-electron chi connectivity index (χ0n) is 13.9. The summed E-state index contributed by atoms with van der Waals surface area (Å²) in [5.74, 6) is 0.661. The van der Waals surface area contributed by atoms with Gasteiger partial charge in [-0.2, -0.15) is 5.10 Å². The molecule has 0 spiro atoms. The molecule has 1 aliphatic carbocycles. The van der Waals surface area contributed by atoms with Crippen molar-refractivity contribution in [2.24, 2.45) is 0 Å². The van der Waals surface area contributed by atoms with E-state index < -0.39 is 0 Å². The lowest BCUT2D eigenvalue weighted by Gasteiger charge is -2.19. The maximum absolute atomic E-state index is 13.0. The fourth-order valence-corrected chi connectivity index (χ4v) is 3.73. The molecule has 0 N–H and O–H groups in total. The molecule has 1 aliphatic heterocycles. The van der Waals surface area contributed by atoms with E-state index in [9.17, 15) is 4.79 Å². The Hall–Kier alpha value is -2.76. The van der Waals surface area contributed by atoms with E-state index in [4.69, 9.17) is 0 Å². The van der Waals surface area contributed by atoms with Gasteiger partial charge in [0, 0.05) is 37.3 Å². The fourth-order valence-electron chi connectivity index (χ4n) is 3.73. The van der Waals surface area contributed by atoms with Gasteiger partial charge in [-0.3, -0.25) is 4.79 Å². The average molecular weight is 333 g/mol. The van der Waals surface area contributed by atoms with Gasteiger partial charge < -0.3 is 4.90 Å². The number of fused-ring (bicyclic) bond motifs is 2. The molecule has 0 atom stereocenters. The Morgan fingerprint density at radius 2 is 2.00 bits per heavy atom. The number of rotatable bonds is 2. The molecule has 0 bridgehead atoms. The number of pyridine rings is 1. The van der Waals surface area contributed by atoms with E-state index in [2.05, 4.69) is 15.1 Å². The summed E-state index contributed by atoms with van der Waals surface area (Å²) < 4.78 is 1.75. The highest BCUT2D eigenvalue weighted by Gasteiger charge is 2.31. The number of hydrogen-bond donors (Lipinski definition) is 0. The van der Waals surface area contributed by atoms with E-state index in [0.29, 0.717) is 24.6 Å². The van der Waals surface area contributed by atoms with Crippen LogP contribution in [0.2, 0.25) is 0 Å². The lowest BCUT2D eigenvalue weighted by molar-refractivity contribution is 0.0765. The van der Waals surface area contributed by atoms with Crippen LogP contribution in [0.1, 0.15) is 46.1 Å². The molecule has 1 fully saturated rings. The minimum Gasteiger partial charge on any atom is -0.338 e. The second kappa shape index (κ2) is 5.65. The molecule has 0 aromatic carbocycles. The summed E-state index contributed by atoms with van der Waals surface area (Å²) in [6, 6.07) is 5.78. The van der Waals surface area contributed by atoms with Gasteiger partial charge in [-0.05, 0) is 37.0 Å². The van der Waals surface area contributed by atoms with E-state index in [1.54, 1.807) is 17.0 Å². The summed E-state index contributed by atoms with van der Waals surface area (Å²) in [5, 5.41) is 4.29. The summed E-state index contributed by atoms with van der Waals surface area (Å²) in [6.07, 6.45) is 9.32. The van der Waals surface area contributed by atoms with Crippen LogP contribution < -0.4 is 0 Å². The zero-order chi connectivity index (χ0) is 16.8. The first-order valence-corrected chi connectivity index (χ1v) is 8.85. The highest BCUT2D eigenvalue weighted by Crippen LogP contribution is 2.41. The summed E-state index contributed by atoms with van der Waals surface area (Å²) in [7, 11) is 0. The first-order valence-electron chi connectivity index (χ1n) is 8.85. The van der Waals surface area contributed by atoms with Crippen LogP contribution in [0.15, 0.2) is 36.9 Å². The van der Waals surface area contributed by atoms with Crippen LogP contribution in [0.25, 0.3) is 5.52 Å². The highest BCUT2D eigenvalue weighted by atomic mass is 16.2. The zero-order valence-corrected chi connectivity index (χ0v) is 13.9. The minimum absolute atomic E-state index is 0.0509. The Kier molecular flexibility index (Phi) is 3.29. The quantitative estimate of drug-likeness (QED) is 0.721. The van der Waals surface area contributed by atoms with Crippen LogP contribution in [0.4, 0.5) is 0 Å². The number of carbonyl (C=O) groups excluding carboxylic acids is 1. The average Bonchev–Trinajstić information content (AvgIpc) is 3.43. The normalized spacial score (nSPS) is 17.4. The van der Waals surface area contributed by atoms with Crippen LogP contribution in [-0.2, 0) is 12.8 Å². The van der Waals surface area contributed by atoms with Crippen molar-refractivity contribution in [3.63, 3.8) is 0 Å². The molecule has 1 saturated carbocycles. The third-order valence-corrected chi connectivity index (χ3v) is 5.23. The Morgan fingerprint density at radius 3 is 2.88 bits per heavy atom. The molecular weight excluding hydrogens is 314 g/mol. The maximum Gasteiger partial charge on any atom is 0.257 e. The van der Waals surface area contributed by atoms with Crippen LogP contribution in [0.3, 0.4) is 0 Å². The molecule has 6 heteroatoms. The summed E-state index contributed by atoms with van der Waals surface area (Å²) in [6.45, 7) is 1.40. The van der Waals surface area contributed by atoms with Crippen molar-refractivity contribution < 1.29 is 4.79 Å². The Bertz CT molecular complexity index is 959. The third kappa shape index (κ3) is 2.49. The molecule has 6 nitrogen and oxygen atoms in total. The van der Waals surface area contributed by atoms with Crippen molar-refractivity contribution in [2.75, 3.05) is 13.1 Å². The van der Waals surface area contributed by atoms with Gasteiger partial charge in [-0.25, -0.2) is 14.5 Å². The van der Waals surface area contributed by atoms with E-state index in [1.807, 2.05) is 29.3 Å². The largest absolute Gasteiger partial charge is 0.338 e. The van der Waals surface area contributed by atoms with Gasteiger partial charge in [0.25, 0.3) is 5.91 Å². The van der Waals surface area contributed by atoms with Gasteiger partial charge >= 0.3 is 0 Å². The van der Waals surface area contributed by atoms with Crippen LogP contribution >= 0.6 is 0 Å². The van der Waals surface area contributed by atoms with Crippen molar-refractivity contribution in [2.45, 2.75) is 31.6 Å². The van der Waals surface area contributed by atoms with Crippen LogP contribution in [0, 0.1) is 0 Å². The molecule has 4 heterocycles. The standard InChI is InChI=1S/C19H19N5O/c25-19(15-11-22-24-8-2-1-3-17(15)24)23-9-6-14-16(7-10-23)20-12-21-18(14)13-4-5-13/h1-3,8,11-13H,4-7,9-10H2. The number of carbonyl (C=O) groups is 1. The smallest absolute Gasteiger partial charge is 0.257 e. The van der Waals surface area contributed by atoms with Gasteiger partial charge in [0.2, 0.25) is 0 Å². The molecule has 5 rings (SSSR count). The van der Waals surface area contributed by atoms with Crippen molar-refractivity contribution in [1.29, 1.82) is 0 Å². The molecule has 0 radical (unpaired) electrons. The number of hydrogen-bond acceptors (Lipinski definition) is 4. The first-order chi connectivity index (χ1) is 12.3. The van der Waals surface area contributed by atoms with E-state index in [-0.39, 0.29) is 5.91 Å². The summed E-state index contributed by atoms with van der Waals surface area (Å²) in [4.78, 5) is 24.0. The lowest BCUT2D eigenvalue weighted by Crippen LogP contribution is -2.33. The summed E-state index contributed by atoms with van der Waals surface area (Å²) in [5.41, 5.74) is 5.13. The molecule has 126 valence electrons. The van der Waals surface area contributed by atoms with E-state index in [0.717, 1.165) is 24.1 Å². The monoisotopic (exact) mass is 333 g/mol. The molecule has 3 aromatic rings. The van der Waals surface area contributed by atoms with E-state index in [1.165, 1.54) is 24.1 Å². The molecule has 1 amide bonds. The Labute approximate surface area is 145 Å². The second-order valence-electron chi connectivity index (χ2n) is 6.84. The Morgan fingerprint density at radius 1 is 1.12 bits per heavy atom. The number of amides is 1. The number of aromatic nitrogens is 4. The maximum atomic E-state index is 13.0. The minimum atomic E-state index is 0.0509. The fraction of sp³-hybridized carbons (Fsp3) is 0.368. The molecule has 0 saturated heterocycles. The van der Waals surface area contributed by atoms with Gasteiger partial charge in [-0.1, -0.05) is 6.07 Å². The van der Waals surface area contributed by atoms with Crippen molar-refractivity contribution in [1.82, 2.24) is 24.5 Å².